The predicted molar refractivity (Wildman–Crippen MR) is 103 cm³/mol. The maximum absolute atomic E-state index is 12.8. The number of benzene rings is 1. The molecule has 0 atom stereocenters. The minimum atomic E-state index is -0.739. The van der Waals surface area contributed by atoms with E-state index in [0.717, 1.165) is 5.56 Å². The van der Waals surface area contributed by atoms with Crippen LogP contribution in [0.25, 0.3) is 16.7 Å². The second-order valence-electron chi connectivity index (χ2n) is 6.46. The highest BCUT2D eigenvalue weighted by Crippen LogP contribution is 2.23. The van der Waals surface area contributed by atoms with E-state index in [9.17, 15) is 19.5 Å². The van der Waals surface area contributed by atoms with Crippen LogP contribution < -0.4 is 5.56 Å². The Morgan fingerprint density at radius 3 is 2.79 bits per heavy atom. The number of carbonyl (C=O) groups excluding carboxylic acids is 2. The number of ketones is 1. The number of phenols is 1. The number of fused-ring (bicyclic) bond motifs is 3. The molecule has 0 unspecified atom stereocenters. The summed E-state index contributed by atoms with van der Waals surface area (Å²) in [5, 5.41) is 14.7. The van der Waals surface area contributed by atoms with E-state index in [1.54, 1.807) is 19.1 Å². The van der Waals surface area contributed by atoms with Crippen molar-refractivity contribution < 1.29 is 19.4 Å². The van der Waals surface area contributed by atoms with Crippen molar-refractivity contribution in [1.82, 2.24) is 19.6 Å². The van der Waals surface area contributed by atoms with Gasteiger partial charge in [-0.15, -0.1) is 5.10 Å². The molecule has 0 bridgehead atoms. The Kier molecular flexibility index (Phi) is 4.34. The van der Waals surface area contributed by atoms with Crippen LogP contribution in [0.15, 0.2) is 41.5 Å². The first-order chi connectivity index (χ1) is 13.9. The van der Waals surface area contributed by atoms with Gasteiger partial charge in [-0.2, -0.15) is 0 Å². The standard InChI is InChI=1S/C20H16N4O5/c1-3-29-20(28)14-7-13-17(22-19(14)27)23-24-9-11(8-21-18(13)24)16(26)12-6-10(2)4-5-15(12)25/h4-9,25H,3H2,1-2H3,(H,22,23,27). The predicted octanol–water partition coefficient (Wildman–Crippen LogP) is 1.99. The number of H-pyrrole nitrogens is 1. The van der Waals surface area contributed by atoms with Gasteiger partial charge < -0.3 is 14.8 Å². The van der Waals surface area contributed by atoms with E-state index in [1.165, 1.54) is 29.0 Å². The lowest BCUT2D eigenvalue weighted by atomic mass is 10.0. The molecular formula is C20H16N4O5. The Hall–Kier alpha value is -4.01. The number of rotatable bonds is 4. The number of nitrogens with one attached hydrogen (secondary N) is 1. The number of hydrogen-bond acceptors (Lipinski definition) is 7. The molecule has 3 aromatic heterocycles. The fourth-order valence-electron chi connectivity index (χ4n) is 3.03. The van der Waals surface area contributed by atoms with Gasteiger partial charge >= 0.3 is 5.97 Å². The Morgan fingerprint density at radius 1 is 1.24 bits per heavy atom. The summed E-state index contributed by atoms with van der Waals surface area (Å²) in [6.45, 7) is 3.60. The number of aromatic nitrogens is 4. The summed E-state index contributed by atoms with van der Waals surface area (Å²) in [6, 6.07) is 6.11. The molecule has 2 N–H and O–H groups in total. The third-order valence-electron chi connectivity index (χ3n) is 4.43. The Bertz CT molecular complexity index is 1350. The average molecular weight is 392 g/mol. The maximum atomic E-state index is 12.8. The summed E-state index contributed by atoms with van der Waals surface area (Å²) in [6.07, 6.45) is 2.81. The molecule has 9 heteroatoms. The molecule has 0 saturated carbocycles. The Balaban J connectivity index is 1.83. The van der Waals surface area contributed by atoms with E-state index in [1.807, 2.05) is 6.92 Å². The molecule has 0 spiro atoms. The van der Waals surface area contributed by atoms with Crippen molar-refractivity contribution in [3.05, 3.63) is 69.3 Å². The quantitative estimate of drug-likeness (QED) is 0.402. The number of esters is 1. The molecule has 29 heavy (non-hydrogen) atoms. The molecule has 0 aliphatic carbocycles. The van der Waals surface area contributed by atoms with Gasteiger partial charge in [0.05, 0.1) is 23.1 Å². The molecule has 0 aliphatic rings. The molecule has 146 valence electrons. The lowest BCUT2D eigenvalue weighted by Crippen LogP contribution is -2.19. The van der Waals surface area contributed by atoms with Crippen LogP contribution in [0.1, 0.15) is 38.8 Å². The van der Waals surface area contributed by atoms with Crippen LogP contribution in [0, 0.1) is 6.92 Å². The number of phenolic OH excluding ortho intramolecular Hbond substituents is 1. The van der Waals surface area contributed by atoms with Crippen molar-refractivity contribution in [2.24, 2.45) is 0 Å². The molecule has 9 nitrogen and oxygen atoms in total. The van der Waals surface area contributed by atoms with Crippen LogP contribution >= 0.6 is 0 Å². The van der Waals surface area contributed by atoms with Gasteiger partial charge in [-0.25, -0.2) is 14.3 Å². The van der Waals surface area contributed by atoms with Gasteiger partial charge in [0.15, 0.2) is 17.1 Å². The van der Waals surface area contributed by atoms with Crippen LogP contribution in [-0.4, -0.2) is 43.0 Å². The molecular weight excluding hydrogens is 376 g/mol. The second kappa shape index (κ2) is 6.86. The number of aromatic hydroxyl groups is 1. The van der Waals surface area contributed by atoms with Crippen LogP contribution in [-0.2, 0) is 4.74 Å². The molecule has 4 rings (SSSR count). The fraction of sp³-hybridized carbons (Fsp3) is 0.150. The van der Waals surface area contributed by atoms with Gasteiger partial charge in [-0.3, -0.25) is 9.59 Å². The minimum absolute atomic E-state index is 0.130. The van der Waals surface area contributed by atoms with E-state index >= 15 is 0 Å². The van der Waals surface area contributed by atoms with Crippen LogP contribution in [0.2, 0.25) is 0 Å². The van der Waals surface area contributed by atoms with Crippen LogP contribution in [0.3, 0.4) is 0 Å². The Morgan fingerprint density at radius 2 is 2.03 bits per heavy atom. The van der Waals surface area contributed by atoms with Gasteiger partial charge in [0.1, 0.15) is 11.3 Å². The Labute approximate surface area is 163 Å². The summed E-state index contributed by atoms with van der Waals surface area (Å²) < 4.78 is 6.23. The lowest BCUT2D eigenvalue weighted by molar-refractivity contribution is 0.0524. The highest BCUT2D eigenvalue weighted by Gasteiger charge is 2.19. The molecule has 3 heterocycles. The second-order valence-corrected chi connectivity index (χ2v) is 6.46. The van der Waals surface area contributed by atoms with E-state index in [0.29, 0.717) is 11.0 Å². The van der Waals surface area contributed by atoms with Crippen LogP contribution in [0.4, 0.5) is 0 Å². The van der Waals surface area contributed by atoms with Gasteiger partial charge in [0, 0.05) is 12.4 Å². The number of aryl methyl sites for hydroxylation is 1. The van der Waals surface area contributed by atoms with Crippen LogP contribution in [0.5, 0.6) is 5.75 Å². The number of nitrogens with zero attached hydrogens (tertiary/aromatic N) is 3. The number of pyridine rings is 1. The summed E-state index contributed by atoms with van der Waals surface area (Å²) in [4.78, 5) is 43.7. The van der Waals surface area contributed by atoms with Crippen molar-refractivity contribution >= 4 is 28.4 Å². The number of ether oxygens (including phenoxy) is 1. The molecule has 0 saturated heterocycles. The first kappa shape index (κ1) is 18.4. The van der Waals surface area contributed by atoms with Crippen molar-refractivity contribution in [2.75, 3.05) is 6.61 Å². The zero-order valence-corrected chi connectivity index (χ0v) is 15.6. The first-order valence-corrected chi connectivity index (χ1v) is 8.82. The van der Waals surface area contributed by atoms with E-state index in [4.69, 9.17) is 4.74 Å². The van der Waals surface area contributed by atoms with Crippen molar-refractivity contribution in [3.8, 4) is 5.75 Å². The zero-order valence-electron chi connectivity index (χ0n) is 15.6. The number of aromatic amines is 1. The molecule has 0 aliphatic heterocycles. The van der Waals surface area contributed by atoms with E-state index < -0.39 is 17.3 Å². The lowest BCUT2D eigenvalue weighted by Gasteiger charge is -2.05. The smallest absolute Gasteiger partial charge is 0.343 e. The van der Waals surface area contributed by atoms with E-state index in [-0.39, 0.29) is 34.7 Å². The van der Waals surface area contributed by atoms with Gasteiger partial charge in [0.2, 0.25) is 0 Å². The summed E-state index contributed by atoms with van der Waals surface area (Å²) >= 11 is 0. The van der Waals surface area contributed by atoms with Gasteiger partial charge in [0.25, 0.3) is 5.56 Å². The first-order valence-electron chi connectivity index (χ1n) is 8.82. The molecule has 1 aromatic carbocycles. The third kappa shape index (κ3) is 3.12. The molecule has 0 amide bonds. The SMILES string of the molecule is CCOC(=O)c1cc2c(nn3cc(C(=O)c4cc(C)ccc4O)cnc23)[nH]c1=O. The molecule has 0 radical (unpaired) electrons. The zero-order chi connectivity index (χ0) is 20.7. The number of hydrogen-bond donors (Lipinski definition) is 2. The van der Waals surface area contributed by atoms with Crippen molar-refractivity contribution in [2.45, 2.75) is 13.8 Å². The summed E-state index contributed by atoms with van der Waals surface area (Å²) in [5.74, 6) is -1.28. The largest absolute Gasteiger partial charge is 0.507 e. The fourth-order valence-corrected chi connectivity index (χ4v) is 3.03. The summed E-state index contributed by atoms with van der Waals surface area (Å²) in [5.41, 5.74) is 0.987. The normalized spacial score (nSPS) is 11.1. The maximum Gasteiger partial charge on any atom is 0.343 e. The monoisotopic (exact) mass is 392 g/mol. The van der Waals surface area contributed by atoms with Gasteiger partial charge in [-0.05, 0) is 32.0 Å². The highest BCUT2D eigenvalue weighted by molar-refractivity contribution is 6.10. The third-order valence-corrected chi connectivity index (χ3v) is 4.43. The van der Waals surface area contributed by atoms with Crippen molar-refractivity contribution in [3.63, 3.8) is 0 Å². The van der Waals surface area contributed by atoms with E-state index in [2.05, 4.69) is 15.1 Å². The molecule has 4 aromatic rings. The number of carbonyl (C=O) groups is 2. The van der Waals surface area contributed by atoms with Crippen molar-refractivity contribution in [1.29, 1.82) is 0 Å². The highest BCUT2D eigenvalue weighted by atomic mass is 16.5. The minimum Gasteiger partial charge on any atom is -0.507 e. The molecule has 0 fully saturated rings. The summed E-state index contributed by atoms with van der Waals surface area (Å²) in [7, 11) is 0. The topological polar surface area (TPSA) is 127 Å². The van der Waals surface area contributed by atoms with Gasteiger partial charge in [-0.1, -0.05) is 11.6 Å². The average Bonchev–Trinajstić information content (AvgIpc) is 3.05.